The van der Waals surface area contributed by atoms with Gasteiger partial charge in [0.1, 0.15) is 5.56 Å². The minimum absolute atomic E-state index is 0.113. The van der Waals surface area contributed by atoms with E-state index in [1.165, 1.54) is 7.11 Å². The van der Waals surface area contributed by atoms with Gasteiger partial charge in [-0.3, -0.25) is 9.48 Å². The molecular weight excluding hydrogens is 358 g/mol. The predicted octanol–water partition coefficient (Wildman–Crippen LogP) is 0.108. The highest BCUT2D eigenvalue weighted by molar-refractivity contribution is 7.88. The third-order valence-electron chi connectivity index (χ3n) is 4.18. The van der Waals surface area contributed by atoms with Crippen molar-refractivity contribution in [2.75, 3.05) is 26.5 Å². The molecule has 0 aromatic carbocycles. The van der Waals surface area contributed by atoms with E-state index in [0.717, 1.165) is 11.9 Å². The van der Waals surface area contributed by atoms with Gasteiger partial charge in [-0.2, -0.15) is 5.10 Å². The molecule has 3 heterocycles. The van der Waals surface area contributed by atoms with Gasteiger partial charge >= 0.3 is 0 Å². The molecule has 1 aliphatic rings. The maximum absolute atomic E-state index is 13.0. The van der Waals surface area contributed by atoms with Crippen LogP contribution in [0.1, 0.15) is 16.1 Å². The largest absolute Gasteiger partial charge is 0.480 e. The molecule has 0 aliphatic carbocycles. The van der Waals surface area contributed by atoms with E-state index in [1.54, 1.807) is 29.4 Å². The molecule has 1 aliphatic heterocycles. The van der Waals surface area contributed by atoms with E-state index in [4.69, 9.17) is 4.74 Å². The molecule has 10 heteroatoms. The molecule has 1 amide bonds. The number of aromatic nitrogens is 3. The molecule has 1 N–H and O–H groups in total. The van der Waals surface area contributed by atoms with Crippen molar-refractivity contribution < 1.29 is 17.9 Å². The Kier molecular flexibility index (Phi) is 5.23. The van der Waals surface area contributed by atoms with Crippen molar-refractivity contribution in [2.45, 2.75) is 13.1 Å². The van der Waals surface area contributed by atoms with Crippen LogP contribution in [0.5, 0.6) is 5.88 Å². The van der Waals surface area contributed by atoms with Crippen LogP contribution in [0.15, 0.2) is 30.6 Å². The van der Waals surface area contributed by atoms with Crippen molar-refractivity contribution in [1.82, 2.24) is 24.4 Å². The summed E-state index contributed by atoms with van der Waals surface area (Å²) in [6.45, 7) is 1.53. The Morgan fingerprint density at radius 3 is 2.88 bits per heavy atom. The van der Waals surface area contributed by atoms with Crippen molar-refractivity contribution in [2.24, 2.45) is 5.92 Å². The molecule has 0 radical (unpaired) electrons. The normalized spacial score (nSPS) is 17.5. The average Bonchev–Trinajstić information content (AvgIpc) is 2.96. The third kappa shape index (κ3) is 4.20. The summed E-state index contributed by atoms with van der Waals surface area (Å²) in [6.07, 6.45) is 4.35. The van der Waals surface area contributed by atoms with E-state index in [-0.39, 0.29) is 24.2 Å². The molecule has 1 atom stereocenters. The zero-order valence-electron chi connectivity index (χ0n) is 14.6. The fraction of sp³-hybridized carbons (Fsp3) is 0.438. The van der Waals surface area contributed by atoms with Crippen LogP contribution in [0, 0.1) is 5.92 Å². The molecule has 2 aromatic heterocycles. The molecule has 0 fully saturated rings. The smallest absolute Gasteiger partial charge is 0.259 e. The van der Waals surface area contributed by atoms with E-state index in [0.29, 0.717) is 25.2 Å². The number of methoxy groups -OCH3 is 1. The van der Waals surface area contributed by atoms with Gasteiger partial charge in [-0.15, -0.1) is 0 Å². The van der Waals surface area contributed by atoms with Crippen LogP contribution in [0.4, 0.5) is 0 Å². The van der Waals surface area contributed by atoms with Crippen molar-refractivity contribution >= 4 is 15.9 Å². The SMILES string of the molecule is COc1ncccc1C(=O)N1Cc2ccnn2C[C@H](CNS(C)(=O)=O)C1. The Hall–Kier alpha value is -2.46. The van der Waals surface area contributed by atoms with Gasteiger partial charge in [0.25, 0.3) is 5.91 Å². The number of sulfonamides is 1. The molecule has 0 spiro atoms. The number of fused-ring (bicyclic) bond motifs is 1. The van der Waals surface area contributed by atoms with E-state index in [1.807, 2.05) is 10.7 Å². The second kappa shape index (κ2) is 7.42. The molecule has 2 aromatic rings. The Balaban J connectivity index is 1.86. The van der Waals surface area contributed by atoms with Gasteiger partial charge in [0.05, 0.1) is 25.6 Å². The standard InChI is InChI=1S/C16H21N5O4S/c1-25-15-14(4-3-6-17-15)16(22)20-9-12(8-19-26(2,23)24)10-21-13(11-20)5-7-18-21/h3-7,12,19H,8-11H2,1-2H3/t12-/m1/s1. The lowest BCUT2D eigenvalue weighted by Gasteiger charge is -2.24. The Morgan fingerprint density at radius 2 is 2.15 bits per heavy atom. The Labute approximate surface area is 152 Å². The lowest BCUT2D eigenvalue weighted by atomic mass is 10.1. The van der Waals surface area contributed by atoms with Crippen LogP contribution in [-0.4, -0.2) is 60.4 Å². The van der Waals surface area contributed by atoms with Crippen molar-refractivity contribution in [1.29, 1.82) is 0 Å². The summed E-state index contributed by atoms with van der Waals surface area (Å²) >= 11 is 0. The van der Waals surface area contributed by atoms with Crippen LogP contribution in [0.2, 0.25) is 0 Å². The summed E-state index contributed by atoms with van der Waals surface area (Å²) in [4.78, 5) is 18.8. The lowest BCUT2D eigenvalue weighted by Crippen LogP contribution is -2.39. The fourth-order valence-electron chi connectivity index (χ4n) is 2.97. The maximum atomic E-state index is 13.0. The molecule has 0 bridgehead atoms. The van der Waals surface area contributed by atoms with E-state index in [2.05, 4.69) is 14.8 Å². The second-order valence-electron chi connectivity index (χ2n) is 6.24. The molecule has 0 saturated heterocycles. The van der Waals surface area contributed by atoms with Crippen LogP contribution in [0.3, 0.4) is 0 Å². The molecule has 0 unspecified atom stereocenters. The highest BCUT2D eigenvalue weighted by Gasteiger charge is 2.28. The number of nitrogens with one attached hydrogen (secondary N) is 1. The summed E-state index contributed by atoms with van der Waals surface area (Å²) in [5.41, 5.74) is 1.26. The second-order valence-corrected chi connectivity index (χ2v) is 8.07. The maximum Gasteiger partial charge on any atom is 0.259 e. The Bertz CT molecular complexity index is 896. The fourth-order valence-corrected chi connectivity index (χ4v) is 3.51. The average molecular weight is 379 g/mol. The number of ether oxygens (including phenoxy) is 1. The van der Waals surface area contributed by atoms with Gasteiger partial charge in [0, 0.05) is 37.9 Å². The molecule has 9 nitrogen and oxygen atoms in total. The molecule has 26 heavy (non-hydrogen) atoms. The van der Waals surface area contributed by atoms with Crippen LogP contribution in [0.25, 0.3) is 0 Å². The van der Waals surface area contributed by atoms with Gasteiger partial charge in [-0.25, -0.2) is 18.1 Å². The minimum Gasteiger partial charge on any atom is -0.480 e. The van der Waals surface area contributed by atoms with E-state index < -0.39 is 10.0 Å². The van der Waals surface area contributed by atoms with E-state index in [9.17, 15) is 13.2 Å². The van der Waals surface area contributed by atoms with Gasteiger partial charge in [0.15, 0.2) is 0 Å². The van der Waals surface area contributed by atoms with Crippen LogP contribution < -0.4 is 9.46 Å². The first-order valence-corrected chi connectivity index (χ1v) is 10.00. The first-order valence-electron chi connectivity index (χ1n) is 8.11. The van der Waals surface area contributed by atoms with Crippen LogP contribution >= 0.6 is 0 Å². The topological polar surface area (TPSA) is 106 Å². The first-order chi connectivity index (χ1) is 12.4. The number of amides is 1. The number of carbonyl (C=O) groups is 1. The minimum atomic E-state index is -3.31. The number of pyridine rings is 1. The lowest BCUT2D eigenvalue weighted by molar-refractivity contribution is 0.0718. The van der Waals surface area contributed by atoms with Crippen molar-refractivity contribution in [3.8, 4) is 5.88 Å². The summed E-state index contributed by atoms with van der Waals surface area (Å²) in [6, 6.07) is 5.20. The van der Waals surface area contributed by atoms with Gasteiger partial charge in [-0.05, 0) is 18.2 Å². The molecule has 3 rings (SSSR count). The number of rotatable bonds is 5. The molecular formula is C16H21N5O4S. The third-order valence-corrected chi connectivity index (χ3v) is 4.87. The number of hydrogen-bond acceptors (Lipinski definition) is 6. The highest BCUT2D eigenvalue weighted by Crippen LogP contribution is 2.21. The summed E-state index contributed by atoms with van der Waals surface area (Å²) < 4.78 is 32.4. The molecule has 0 saturated carbocycles. The monoisotopic (exact) mass is 379 g/mol. The quantitative estimate of drug-likeness (QED) is 0.790. The number of nitrogens with zero attached hydrogens (tertiary/aromatic N) is 4. The van der Waals surface area contributed by atoms with Gasteiger partial charge in [-0.1, -0.05) is 0 Å². The number of hydrogen-bond donors (Lipinski definition) is 1. The van der Waals surface area contributed by atoms with E-state index >= 15 is 0 Å². The first kappa shape index (κ1) is 18.3. The summed E-state index contributed by atoms with van der Waals surface area (Å²) in [5, 5.41) is 4.28. The van der Waals surface area contributed by atoms with Crippen molar-refractivity contribution in [3.05, 3.63) is 41.9 Å². The molecule has 140 valence electrons. The summed E-state index contributed by atoms with van der Waals surface area (Å²) in [7, 11) is -1.85. The zero-order valence-corrected chi connectivity index (χ0v) is 15.4. The number of carbonyl (C=O) groups excluding carboxylic acids is 1. The zero-order chi connectivity index (χ0) is 18.7. The van der Waals surface area contributed by atoms with Gasteiger partial charge in [0.2, 0.25) is 15.9 Å². The van der Waals surface area contributed by atoms with Crippen LogP contribution in [-0.2, 0) is 23.1 Å². The predicted molar refractivity (Wildman–Crippen MR) is 94.1 cm³/mol. The van der Waals surface area contributed by atoms with Crippen molar-refractivity contribution in [3.63, 3.8) is 0 Å². The Morgan fingerprint density at radius 1 is 1.35 bits per heavy atom. The summed E-state index contributed by atoms with van der Waals surface area (Å²) in [5.74, 6) is -0.0625. The van der Waals surface area contributed by atoms with Gasteiger partial charge < -0.3 is 9.64 Å². The highest BCUT2D eigenvalue weighted by atomic mass is 32.2.